The Morgan fingerprint density at radius 3 is 2.52 bits per heavy atom. The average Bonchev–Trinajstić information content (AvgIpc) is 3.65. The average molecular weight is 763 g/mol. The fraction of sp³-hybridized carbons (Fsp3) is 0.881. The Morgan fingerprint density at radius 2 is 1.74 bits per heavy atom. The Morgan fingerprint density at radius 1 is 0.944 bits per heavy atom. The van der Waals surface area contributed by atoms with Gasteiger partial charge in [0.2, 0.25) is 5.79 Å². The van der Waals surface area contributed by atoms with Gasteiger partial charge in [0.25, 0.3) is 0 Å². The minimum atomic E-state index is -1.29. The van der Waals surface area contributed by atoms with Gasteiger partial charge >= 0.3 is 0 Å². The lowest BCUT2D eigenvalue weighted by atomic mass is 9.57. The van der Waals surface area contributed by atoms with E-state index in [0.717, 1.165) is 18.4 Å². The van der Waals surface area contributed by atoms with E-state index in [1.807, 2.05) is 13.8 Å². The number of allylic oxidation sites excluding steroid dienone is 1. The minimum absolute atomic E-state index is 0.0125. The van der Waals surface area contributed by atoms with Crippen LogP contribution in [0, 0.1) is 29.1 Å². The zero-order valence-electron chi connectivity index (χ0n) is 33.1. The Labute approximate surface area is 320 Å². The van der Waals surface area contributed by atoms with Crippen LogP contribution in [-0.2, 0) is 38.0 Å². The molecule has 54 heavy (non-hydrogen) atoms. The maximum Gasteiger partial charge on any atom is 0.200 e. The summed E-state index contributed by atoms with van der Waals surface area (Å²) in [6.45, 7) is 8.50. The summed E-state index contributed by atoms with van der Waals surface area (Å²) in [4.78, 5) is 13.5. The van der Waals surface area contributed by atoms with Crippen LogP contribution in [0.25, 0.3) is 0 Å². The zero-order valence-corrected chi connectivity index (χ0v) is 33.1. The van der Waals surface area contributed by atoms with Gasteiger partial charge in [-0.2, -0.15) is 0 Å². The van der Waals surface area contributed by atoms with Crippen molar-refractivity contribution in [3.05, 3.63) is 23.8 Å². The molecule has 6 aliphatic heterocycles. The van der Waals surface area contributed by atoms with Crippen molar-refractivity contribution in [2.45, 2.75) is 177 Å². The van der Waals surface area contributed by atoms with Crippen molar-refractivity contribution in [2.24, 2.45) is 29.1 Å². The van der Waals surface area contributed by atoms with Crippen LogP contribution in [0.5, 0.6) is 0 Å². The molecular weight excluding hydrogens is 696 g/mol. The maximum absolute atomic E-state index is 13.5. The van der Waals surface area contributed by atoms with Gasteiger partial charge in [0.15, 0.2) is 17.4 Å². The van der Waals surface area contributed by atoms with E-state index in [4.69, 9.17) is 33.2 Å². The van der Waals surface area contributed by atoms with Crippen LogP contribution >= 0.6 is 0 Å². The van der Waals surface area contributed by atoms with Crippen LogP contribution in [0.15, 0.2) is 23.8 Å². The van der Waals surface area contributed by atoms with Gasteiger partial charge in [-0.3, -0.25) is 4.79 Å². The van der Waals surface area contributed by atoms with Gasteiger partial charge in [0.1, 0.15) is 18.5 Å². The maximum atomic E-state index is 13.5. The largest absolute Gasteiger partial charge is 0.396 e. The highest BCUT2D eigenvalue weighted by Crippen LogP contribution is 2.58. The van der Waals surface area contributed by atoms with Crippen molar-refractivity contribution in [2.75, 3.05) is 27.1 Å². The number of ketones is 1. The molecule has 3 spiro atoms. The lowest BCUT2D eigenvalue weighted by Gasteiger charge is -2.50. The van der Waals surface area contributed by atoms with E-state index < -0.39 is 58.9 Å². The Kier molecular flexibility index (Phi) is 12.0. The van der Waals surface area contributed by atoms with Crippen LogP contribution in [0.3, 0.4) is 0 Å². The molecule has 12 heteroatoms. The summed E-state index contributed by atoms with van der Waals surface area (Å²) in [5.41, 5.74) is -0.921. The number of ether oxygens (including phenoxy) is 7. The van der Waals surface area contributed by atoms with Crippen molar-refractivity contribution in [3.8, 4) is 0 Å². The summed E-state index contributed by atoms with van der Waals surface area (Å²) in [6.07, 6.45) is 9.39. The van der Waals surface area contributed by atoms with E-state index in [-0.39, 0.29) is 61.8 Å². The first kappa shape index (κ1) is 40.9. The highest BCUT2D eigenvalue weighted by Gasteiger charge is 2.65. The number of carbonyl (C=O) groups excluding carboxylic acids is 1. The second kappa shape index (κ2) is 15.8. The lowest BCUT2D eigenvalue weighted by molar-refractivity contribution is -0.403. The molecule has 0 unspecified atom stereocenters. The summed E-state index contributed by atoms with van der Waals surface area (Å²) < 4.78 is 45.5. The van der Waals surface area contributed by atoms with Crippen molar-refractivity contribution in [3.63, 3.8) is 0 Å². The molecule has 0 aromatic heterocycles. The van der Waals surface area contributed by atoms with Crippen LogP contribution in [0.1, 0.15) is 118 Å². The molecule has 1 aliphatic carbocycles. The summed E-state index contributed by atoms with van der Waals surface area (Å²) in [7, 11) is 1.59. The molecule has 0 amide bonds. The van der Waals surface area contributed by atoms with Crippen molar-refractivity contribution < 1.29 is 58.4 Å². The molecule has 0 radical (unpaired) electrons. The number of aliphatic hydroxyl groups is 4. The highest BCUT2D eigenvalue weighted by atomic mass is 16.8. The molecule has 0 aromatic rings. The van der Waals surface area contributed by atoms with Crippen molar-refractivity contribution >= 4 is 5.78 Å². The smallest absolute Gasteiger partial charge is 0.200 e. The third-order valence-electron chi connectivity index (χ3n) is 14.4. The number of fused-ring (bicyclic) bond motifs is 7. The van der Waals surface area contributed by atoms with Gasteiger partial charge in [-0.25, -0.2) is 0 Å². The number of aliphatic hydroxyl groups excluding tert-OH is 3. The van der Waals surface area contributed by atoms with Gasteiger partial charge in [-0.1, -0.05) is 32.9 Å². The molecule has 5 fully saturated rings. The Bertz CT molecular complexity index is 1400. The summed E-state index contributed by atoms with van der Waals surface area (Å²) in [5, 5.41) is 46.2. The standard InChI is InChI=1S/C42H66O12/c1-26(28(3)23-43)20-39-15-11-29(24-49-25-48-5)18-33(39)36-37-35(46)27(2)21-41(52-36,53-37)22-32-9-7-13-40(50-32)16-17-42(54-40)38(4,47)14-12-31(51-42)19-30(44)8-6-10-34(39)45/h6,8,18,26-28,31-37,43,45-47H,7,9-17,19-25H2,1-5H3/b8-6-/t26-,27+,28-,31-,32+,33+,34+,35+,36-,37+,38+,39+,40+,41+,42+/m0/s1. The second-order valence-corrected chi connectivity index (χ2v) is 18.4. The summed E-state index contributed by atoms with van der Waals surface area (Å²) in [5.74, 6) is -3.83. The Balaban J connectivity index is 1.30. The molecule has 15 atom stereocenters. The molecule has 4 N–H and O–H groups in total. The monoisotopic (exact) mass is 762 g/mol. The van der Waals surface area contributed by atoms with E-state index in [9.17, 15) is 25.2 Å². The van der Waals surface area contributed by atoms with E-state index >= 15 is 0 Å². The summed E-state index contributed by atoms with van der Waals surface area (Å²) in [6, 6.07) is 0. The number of rotatable bonds is 8. The van der Waals surface area contributed by atoms with Crippen molar-refractivity contribution in [1.29, 1.82) is 0 Å². The van der Waals surface area contributed by atoms with Gasteiger partial charge in [-0.15, -0.1) is 0 Å². The van der Waals surface area contributed by atoms with Crippen LogP contribution in [0.2, 0.25) is 0 Å². The molecule has 7 rings (SSSR count). The van der Waals surface area contributed by atoms with E-state index in [1.54, 1.807) is 26.2 Å². The zero-order chi connectivity index (χ0) is 38.5. The number of hydrogen-bond acceptors (Lipinski definition) is 12. The number of hydrogen-bond donors (Lipinski definition) is 4. The lowest BCUT2D eigenvalue weighted by Crippen LogP contribution is -2.60. The SMILES string of the molecule is COCOCC1=C[C@@H]2[C@@H]3O[C@]4(C[C@H]5CCC[C@@]6(CC[C@@]7(O[C@@H](CC[C@@]7(C)O)CC(=O)/C=C\C[C@@H](O)[C@@]2(C[C@H](C)[C@@H](C)CO)CC1)O6)O5)C[C@@H](C)[C@@H](O)[C@H]3O4. The molecule has 5 saturated heterocycles. The van der Waals surface area contributed by atoms with Gasteiger partial charge in [0, 0.05) is 63.6 Å². The topological polar surface area (TPSA) is 163 Å². The third-order valence-corrected chi connectivity index (χ3v) is 14.4. The molecule has 7 aliphatic rings. The first-order valence-electron chi connectivity index (χ1n) is 20.7. The molecule has 12 nitrogen and oxygen atoms in total. The minimum Gasteiger partial charge on any atom is -0.396 e. The van der Waals surface area contributed by atoms with Crippen LogP contribution in [-0.4, -0.2) is 113 Å². The first-order chi connectivity index (χ1) is 25.7. The molecule has 0 aromatic carbocycles. The molecule has 0 saturated carbocycles. The second-order valence-electron chi connectivity index (χ2n) is 18.4. The third kappa shape index (κ3) is 7.68. The number of carbonyl (C=O) groups is 1. The van der Waals surface area contributed by atoms with Gasteiger partial charge in [0.05, 0.1) is 37.1 Å². The fourth-order valence-electron chi connectivity index (χ4n) is 11.1. The van der Waals surface area contributed by atoms with Crippen molar-refractivity contribution in [1.82, 2.24) is 0 Å². The predicted molar refractivity (Wildman–Crippen MR) is 197 cm³/mol. The normalized spacial score (nSPS) is 48.5. The molecule has 6 heterocycles. The highest BCUT2D eigenvalue weighted by molar-refractivity contribution is 5.89. The van der Waals surface area contributed by atoms with Crippen LogP contribution in [0.4, 0.5) is 0 Å². The fourth-order valence-corrected chi connectivity index (χ4v) is 11.1. The van der Waals surface area contributed by atoms with E-state index in [2.05, 4.69) is 13.0 Å². The van der Waals surface area contributed by atoms with Gasteiger partial charge in [-0.05, 0) is 87.7 Å². The van der Waals surface area contributed by atoms with Crippen LogP contribution < -0.4 is 0 Å². The first-order valence-corrected chi connectivity index (χ1v) is 20.7. The predicted octanol–water partition coefficient (Wildman–Crippen LogP) is 4.84. The number of methoxy groups -OCH3 is 1. The Hall–Kier alpha value is -1.29. The molecule has 306 valence electrons. The molecule has 7 bridgehead atoms. The van der Waals surface area contributed by atoms with E-state index in [0.29, 0.717) is 70.8 Å². The van der Waals surface area contributed by atoms with Gasteiger partial charge < -0.3 is 53.6 Å². The quantitative estimate of drug-likeness (QED) is 0.152. The summed E-state index contributed by atoms with van der Waals surface area (Å²) >= 11 is 0. The molecular formula is C42H66O12. The van der Waals surface area contributed by atoms with E-state index in [1.165, 1.54) is 0 Å².